The number of rotatable bonds is 4. The highest BCUT2D eigenvalue weighted by Gasteiger charge is 2.24. The normalized spacial score (nSPS) is 16.4. The average Bonchev–Trinajstić information content (AvgIpc) is 2.53. The molecule has 1 heterocycles. The highest BCUT2D eigenvalue weighted by Crippen LogP contribution is 2.25. The summed E-state index contributed by atoms with van der Waals surface area (Å²) in [5.74, 6) is -0.158. The summed E-state index contributed by atoms with van der Waals surface area (Å²) in [7, 11) is -1.94. The lowest BCUT2D eigenvalue weighted by Crippen LogP contribution is -2.48. The molecule has 23 heavy (non-hydrogen) atoms. The molecule has 1 aromatic rings. The number of anilines is 1. The third kappa shape index (κ3) is 4.16. The Balaban J connectivity index is 2.24. The lowest BCUT2D eigenvalue weighted by Gasteiger charge is -2.34. The van der Waals surface area contributed by atoms with Crippen molar-refractivity contribution in [1.82, 2.24) is 9.80 Å². The quantitative estimate of drug-likeness (QED) is 0.817. The molecule has 0 unspecified atom stereocenters. The van der Waals surface area contributed by atoms with Gasteiger partial charge in [-0.1, -0.05) is 18.5 Å². The molecular formula is C15H22ClN3O3S. The number of amides is 1. The minimum Gasteiger partial charge on any atom is -0.336 e. The number of halogens is 1. The van der Waals surface area contributed by atoms with Gasteiger partial charge in [0.15, 0.2) is 0 Å². The molecule has 1 fully saturated rings. The lowest BCUT2D eigenvalue weighted by atomic mass is 10.1. The van der Waals surface area contributed by atoms with E-state index >= 15 is 0 Å². The summed E-state index contributed by atoms with van der Waals surface area (Å²) in [6, 6.07) is 4.70. The predicted molar refractivity (Wildman–Crippen MR) is 92.7 cm³/mol. The van der Waals surface area contributed by atoms with Crippen LogP contribution in [0.2, 0.25) is 5.02 Å². The van der Waals surface area contributed by atoms with E-state index in [0.29, 0.717) is 29.4 Å². The minimum absolute atomic E-state index is 0.158. The number of nitrogens with zero attached hydrogens (tertiary/aromatic N) is 3. The van der Waals surface area contributed by atoms with Gasteiger partial charge in [0.05, 0.1) is 22.5 Å². The van der Waals surface area contributed by atoms with Gasteiger partial charge in [-0.25, -0.2) is 8.42 Å². The Bertz CT molecular complexity index is 685. The van der Waals surface area contributed by atoms with Gasteiger partial charge in [0.25, 0.3) is 5.91 Å². The standard InChI is InChI=1S/C15H22ClN3O3S/c1-4-18-7-9-19(10-8-18)15(20)13-11-12(5-6-14(13)16)17(2)23(3,21)22/h5-6,11H,4,7-10H2,1-3H3. The monoisotopic (exact) mass is 359 g/mol. The highest BCUT2D eigenvalue weighted by atomic mass is 35.5. The zero-order chi connectivity index (χ0) is 17.2. The summed E-state index contributed by atoms with van der Waals surface area (Å²) in [5.41, 5.74) is 0.761. The Morgan fingerprint density at radius 2 is 1.87 bits per heavy atom. The summed E-state index contributed by atoms with van der Waals surface area (Å²) in [4.78, 5) is 16.7. The van der Waals surface area contributed by atoms with E-state index in [2.05, 4.69) is 11.8 Å². The first-order chi connectivity index (χ1) is 10.7. The fraction of sp³-hybridized carbons (Fsp3) is 0.533. The van der Waals surface area contributed by atoms with Gasteiger partial charge < -0.3 is 9.80 Å². The Labute approximate surface area is 142 Å². The fourth-order valence-corrected chi connectivity index (χ4v) is 3.20. The maximum absolute atomic E-state index is 12.7. The van der Waals surface area contributed by atoms with Crippen LogP contribution in [0.15, 0.2) is 18.2 Å². The predicted octanol–water partition coefficient (Wildman–Crippen LogP) is 1.51. The van der Waals surface area contributed by atoms with Gasteiger partial charge in [0.1, 0.15) is 0 Å². The number of hydrogen-bond donors (Lipinski definition) is 0. The SMILES string of the molecule is CCN1CCN(C(=O)c2cc(N(C)S(C)(=O)=O)ccc2Cl)CC1. The maximum Gasteiger partial charge on any atom is 0.255 e. The Morgan fingerprint density at radius 3 is 2.39 bits per heavy atom. The first-order valence-corrected chi connectivity index (χ1v) is 9.71. The average molecular weight is 360 g/mol. The van der Waals surface area contributed by atoms with Crippen LogP contribution in [0.25, 0.3) is 0 Å². The Morgan fingerprint density at radius 1 is 1.26 bits per heavy atom. The first-order valence-electron chi connectivity index (χ1n) is 7.49. The first kappa shape index (κ1) is 18.0. The third-order valence-electron chi connectivity index (χ3n) is 4.15. The summed E-state index contributed by atoms with van der Waals surface area (Å²) in [6.45, 7) is 6.03. The van der Waals surface area contributed by atoms with Gasteiger partial charge in [0.2, 0.25) is 10.0 Å². The number of hydrogen-bond acceptors (Lipinski definition) is 4. The van der Waals surface area contributed by atoms with E-state index in [1.807, 2.05) is 0 Å². The van der Waals surface area contributed by atoms with E-state index in [-0.39, 0.29) is 5.91 Å². The van der Waals surface area contributed by atoms with Gasteiger partial charge in [0, 0.05) is 33.2 Å². The summed E-state index contributed by atoms with van der Waals surface area (Å²) in [6.07, 6.45) is 1.12. The topological polar surface area (TPSA) is 60.9 Å². The summed E-state index contributed by atoms with van der Waals surface area (Å²) < 4.78 is 24.5. The molecule has 1 amide bonds. The number of carbonyl (C=O) groups is 1. The Hall–Kier alpha value is -1.31. The smallest absolute Gasteiger partial charge is 0.255 e. The molecule has 0 radical (unpaired) electrons. The number of benzene rings is 1. The van der Waals surface area contributed by atoms with Crippen molar-refractivity contribution in [3.8, 4) is 0 Å². The van der Waals surface area contributed by atoms with Crippen molar-refractivity contribution >= 4 is 33.2 Å². The van der Waals surface area contributed by atoms with Crippen molar-refractivity contribution in [2.24, 2.45) is 0 Å². The van der Waals surface area contributed by atoms with Crippen LogP contribution < -0.4 is 4.31 Å². The van der Waals surface area contributed by atoms with Crippen molar-refractivity contribution in [2.75, 3.05) is 50.3 Å². The second-order valence-electron chi connectivity index (χ2n) is 5.62. The van der Waals surface area contributed by atoms with Gasteiger partial charge in [-0.15, -0.1) is 0 Å². The van der Waals surface area contributed by atoms with E-state index in [9.17, 15) is 13.2 Å². The van der Waals surface area contributed by atoms with Crippen LogP contribution in [0.3, 0.4) is 0 Å². The molecule has 0 N–H and O–H groups in total. The number of carbonyl (C=O) groups excluding carboxylic acids is 1. The van der Waals surface area contributed by atoms with Gasteiger partial charge >= 0.3 is 0 Å². The minimum atomic E-state index is -3.39. The molecule has 8 heteroatoms. The van der Waals surface area contributed by atoms with E-state index in [0.717, 1.165) is 30.2 Å². The second-order valence-corrected chi connectivity index (χ2v) is 8.04. The van der Waals surface area contributed by atoms with Crippen LogP contribution in [0, 0.1) is 0 Å². The molecule has 0 spiro atoms. The van der Waals surface area contributed by atoms with Crippen molar-refractivity contribution in [1.29, 1.82) is 0 Å². The molecule has 0 aromatic heterocycles. The molecule has 0 saturated carbocycles. The molecule has 2 rings (SSSR count). The van der Waals surface area contributed by atoms with Crippen LogP contribution in [0.1, 0.15) is 17.3 Å². The molecule has 1 aromatic carbocycles. The van der Waals surface area contributed by atoms with Crippen molar-refractivity contribution in [3.63, 3.8) is 0 Å². The van der Waals surface area contributed by atoms with Crippen molar-refractivity contribution < 1.29 is 13.2 Å². The zero-order valence-electron chi connectivity index (χ0n) is 13.6. The zero-order valence-corrected chi connectivity index (χ0v) is 15.2. The summed E-state index contributed by atoms with van der Waals surface area (Å²) >= 11 is 6.16. The Kier molecular flexibility index (Phi) is 5.54. The molecule has 128 valence electrons. The molecule has 1 aliphatic heterocycles. The van der Waals surface area contributed by atoms with Crippen LogP contribution in [-0.4, -0.2) is 70.2 Å². The number of likely N-dealkylation sites (N-methyl/N-ethyl adjacent to an activating group) is 1. The van der Waals surface area contributed by atoms with Crippen LogP contribution in [0.4, 0.5) is 5.69 Å². The van der Waals surface area contributed by atoms with Crippen molar-refractivity contribution in [2.45, 2.75) is 6.92 Å². The molecule has 0 atom stereocenters. The largest absolute Gasteiger partial charge is 0.336 e. The number of sulfonamides is 1. The van der Waals surface area contributed by atoms with E-state index in [1.165, 1.54) is 13.1 Å². The molecule has 1 saturated heterocycles. The van der Waals surface area contributed by atoms with E-state index < -0.39 is 10.0 Å². The van der Waals surface area contributed by atoms with Gasteiger partial charge in [-0.3, -0.25) is 9.10 Å². The van der Waals surface area contributed by atoms with E-state index in [4.69, 9.17) is 11.6 Å². The van der Waals surface area contributed by atoms with Gasteiger partial charge in [-0.2, -0.15) is 0 Å². The highest BCUT2D eigenvalue weighted by molar-refractivity contribution is 7.92. The molecule has 0 aliphatic carbocycles. The molecule has 1 aliphatic rings. The summed E-state index contributed by atoms with van der Waals surface area (Å²) in [5, 5.41) is 0.332. The maximum atomic E-state index is 12.7. The fourth-order valence-electron chi connectivity index (χ4n) is 2.50. The third-order valence-corrected chi connectivity index (χ3v) is 5.68. The van der Waals surface area contributed by atoms with Crippen LogP contribution in [-0.2, 0) is 10.0 Å². The lowest BCUT2D eigenvalue weighted by molar-refractivity contribution is 0.0643. The number of piperazine rings is 1. The van der Waals surface area contributed by atoms with Crippen molar-refractivity contribution in [3.05, 3.63) is 28.8 Å². The molecule has 0 bridgehead atoms. The van der Waals surface area contributed by atoms with Crippen LogP contribution in [0.5, 0.6) is 0 Å². The van der Waals surface area contributed by atoms with Gasteiger partial charge in [-0.05, 0) is 24.7 Å². The molecular weight excluding hydrogens is 338 g/mol. The second kappa shape index (κ2) is 7.07. The molecule has 6 nitrogen and oxygen atoms in total. The van der Waals surface area contributed by atoms with Crippen LogP contribution >= 0.6 is 11.6 Å². The van der Waals surface area contributed by atoms with E-state index in [1.54, 1.807) is 17.0 Å².